The van der Waals surface area contributed by atoms with Gasteiger partial charge in [-0.15, -0.1) is 0 Å². The van der Waals surface area contributed by atoms with E-state index >= 15 is 0 Å². The van der Waals surface area contributed by atoms with Gasteiger partial charge in [0.15, 0.2) is 6.10 Å². The van der Waals surface area contributed by atoms with Gasteiger partial charge >= 0.3 is 17.9 Å². The highest BCUT2D eigenvalue weighted by Crippen LogP contribution is 2.14. The Hall–Kier alpha value is -1.59. The maximum Gasteiger partial charge on any atom is 0.306 e. The fraction of sp³-hybridized carbons (Fsp3) is 0.927. The summed E-state index contributed by atoms with van der Waals surface area (Å²) in [7, 11) is 0. The molecule has 0 aromatic rings. The van der Waals surface area contributed by atoms with Gasteiger partial charge in [0.1, 0.15) is 13.2 Å². The van der Waals surface area contributed by atoms with E-state index in [-0.39, 0.29) is 31.1 Å². The lowest BCUT2D eigenvalue weighted by Crippen LogP contribution is -2.30. The normalized spacial score (nSPS) is 11.2. The minimum absolute atomic E-state index is 0.0639. The fourth-order valence-electron chi connectivity index (χ4n) is 5.97. The molecule has 0 aromatic carbocycles. The lowest BCUT2D eigenvalue weighted by molar-refractivity contribution is -0.167. The highest BCUT2D eigenvalue weighted by atomic mass is 16.6. The molecule has 0 aromatic heterocycles. The van der Waals surface area contributed by atoms with Crippen LogP contribution in [0.15, 0.2) is 0 Å². The quantitative estimate of drug-likeness (QED) is 0.0373. The van der Waals surface area contributed by atoms with Crippen LogP contribution >= 0.6 is 0 Å². The van der Waals surface area contributed by atoms with Crippen molar-refractivity contribution in [2.24, 2.45) is 0 Å². The molecule has 6 nitrogen and oxygen atoms in total. The Kier molecular flexibility index (Phi) is 36.0. The number of unbranched alkanes of at least 4 members (excludes halogenated alkanes) is 26. The molecule has 6 heteroatoms. The average molecular weight is 667 g/mol. The van der Waals surface area contributed by atoms with E-state index in [9.17, 15) is 14.4 Å². The molecule has 0 fully saturated rings. The summed E-state index contributed by atoms with van der Waals surface area (Å²) >= 11 is 0. The summed E-state index contributed by atoms with van der Waals surface area (Å²) in [6.07, 6.45) is 35.1. The van der Waals surface area contributed by atoms with Crippen LogP contribution in [-0.4, -0.2) is 37.2 Å². The van der Waals surface area contributed by atoms with Gasteiger partial charge in [-0.05, 0) is 19.3 Å². The second-order valence-electron chi connectivity index (χ2n) is 13.9. The molecule has 0 spiro atoms. The van der Waals surface area contributed by atoms with Gasteiger partial charge in [0.2, 0.25) is 0 Å². The van der Waals surface area contributed by atoms with Crippen LogP contribution in [0.1, 0.15) is 226 Å². The third-order valence-corrected chi connectivity index (χ3v) is 9.11. The van der Waals surface area contributed by atoms with E-state index in [1.807, 2.05) is 0 Å². The summed E-state index contributed by atoms with van der Waals surface area (Å²) in [4.78, 5) is 37.4. The van der Waals surface area contributed by atoms with Crippen LogP contribution in [-0.2, 0) is 28.6 Å². The summed E-state index contributed by atoms with van der Waals surface area (Å²) in [5, 5.41) is 0. The molecule has 0 heterocycles. The second kappa shape index (κ2) is 37.2. The lowest BCUT2D eigenvalue weighted by atomic mass is 10.1. The topological polar surface area (TPSA) is 78.9 Å². The van der Waals surface area contributed by atoms with Gasteiger partial charge in [0.25, 0.3) is 0 Å². The van der Waals surface area contributed by atoms with Crippen molar-refractivity contribution in [1.82, 2.24) is 0 Å². The molecule has 0 bridgehead atoms. The van der Waals surface area contributed by atoms with Crippen molar-refractivity contribution < 1.29 is 28.6 Å². The van der Waals surface area contributed by atoms with E-state index in [4.69, 9.17) is 14.2 Å². The molecule has 0 radical (unpaired) electrons. The zero-order valence-corrected chi connectivity index (χ0v) is 31.6. The van der Waals surface area contributed by atoms with Crippen LogP contribution in [0.2, 0.25) is 0 Å². The largest absolute Gasteiger partial charge is 0.462 e. The molecule has 0 saturated heterocycles. The standard InChI is InChI=1S/C41H78O6/c1-4-7-10-13-16-19-22-24-27-30-33-39(42)45-36-38(47-41(44)35-32-29-26-21-18-15-12-9-6-3)37-46-40(43)34-31-28-25-23-20-17-14-11-8-5-2/h38H,4-37H2,1-3H3. The second-order valence-corrected chi connectivity index (χ2v) is 13.9. The van der Waals surface area contributed by atoms with Crippen LogP contribution < -0.4 is 0 Å². The third-order valence-electron chi connectivity index (χ3n) is 9.11. The number of rotatable bonds is 37. The molecule has 0 N–H and O–H groups in total. The maximum atomic E-state index is 12.6. The monoisotopic (exact) mass is 667 g/mol. The summed E-state index contributed by atoms with van der Waals surface area (Å²) < 4.78 is 16.6. The number of carbonyl (C=O) groups is 3. The minimum Gasteiger partial charge on any atom is -0.462 e. The first-order valence-electron chi connectivity index (χ1n) is 20.5. The van der Waals surface area contributed by atoms with E-state index < -0.39 is 6.10 Å². The van der Waals surface area contributed by atoms with Crippen molar-refractivity contribution in [3.05, 3.63) is 0 Å². The Morgan fingerprint density at radius 1 is 0.340 bits per heavy atom. The first kappa shape index (κ1) is 45.4. The van der Waals surface area contributed by atoms with E-state index in [1.54, 1.807) is 0 Å². The molecule has 278 valence electrons. The molecule has 0 unspecified atom stereocenters. The average Bonchev–Trinajstić information content (AvgIpc) is 3.06. The van der Waals surface area contributed by atoms with Gasteiger partial charge in [-0.3, -0.25) is 14.4 Å². The van der Waals surface area contributed by atoms with Crippen LogP contribution in [0.5, 0.6) is 0 Å². The highest BCUT2D eigenvalue weighted by Gasteiger charge is 2.19. The Morgan fingerprint density at radius 2 is 0.574 bits per heavy atom. The molecule has 0 amide bonds. The SMILES string of the molecule is CCCCCCCCCCCCC(=O)OCC(COC(=O)CCCCCCCCCCCC)OC(=O)CCCCCCCCCCC. The van der Waals surface area contributed by atoms with Crippen molar-refractivity contribution in [2.75, 3.05) is 13.2 Å². The minimum atomic E-state index is -0.755. The number of esters is 3. The van der Waals surface area contributed by atoms with E-state index in [0.717, 1.165) is 57.8 Å². The Balaban J connectivity index is 4.33. The predicted molar refractivity (Wildman–Crippen MR) is 197 cm³/mol. The molecular formula is C41H78O6. The number of hydrogen-bond donors (Lipinski definition) is 0. The first-order chi connectivity index (χ1) is 23.0. The zero-order valence-electron chi connectivity index (χ0n) is 31.6. The van der Waals surface area contributed by atoms with E-state index in [2.05, 4.69) is 20.8 Å². The van der Waals surface area contributed by atoms with Gasteiger partial charge < -0.3 is 14.2 Å². The van der Waals surface area contributed by atoms with Gasteiger partial charge in [0, 0.05) is 19.3 Å². The molecule has 0 atom stereocenters. The van der Waals surface area contributed by atoms with Crippen molar-refractivity contribution in [3.63, 3.8) is 0 Å². The van der Waals surface area contributed by atoms with Crippen molar-refractivity contribution in [2.45, 2.75) is 232 Å². The molecular weight excluding hydrogens is 588 g/mol. The summed E-state index contributed by atoms with van der Waals surface area (Å²) in [6, 6.07) is 0. The maximum absolute atomic E-state index is 12.6. The smallest absolute Gasteiger partial charge is 0.306 e. The van der Waals surface area contributed by atoms with Crippen LogP contribution in [0.25, 0.3) is 0 Å². The van der Waals surface area contributed by atoms with Crippen molar-refractivity contribution in [3.8, 4) is 0 Å². The Bertz CT molecular complexity index is 653. The molecule has 0 saturated carbocycles. The van der Waals surface area contributed by atoms with E-state index in [0.29, 0.717) is 19.3 Å². The number of hydrogen-bond acceptors (Lipinski definition) is 6. The molecule has 0 aliphatic rings. The molecule has 0 rings (SSSR count). The van der Waals surface area contributed by atoms with Crippen LogP contribution in [0.4, 0.5) is 0 Å². The number of carbonyl (C=O) groups excluding carboxylic acids is 3. The Labute approximate surface area is 291 Å². The lowest BCUT2D eigenvalue weighted by Gasteiger charge is -2.18. The highest BCUT2D eigenvalue weighted by molar-refractivity contribution is 5.71. The van der Waals surface area contributed by atoms with Crippen LogP contribution in [0.3, 0.4) is 0 Å². The fourth-order valence-corrected chi connectivity index (χ4v) is 5.97. The number of ether oxygens (including phenoxy) is 3. The van der Waals surface area contributed by atoms with Crippen LogP contribution in [0, 0.1) is 0 Å². The van der Waals surface area contributed by atoms with Gasteiger partial charge in [-0.25, -0.2) is 0 Å². The van der Waals surface area contributed by atoms with Gasteiger partial charge in [0.05, 0.1) is 0 Å². The summed E-state index contributed by atoms with van der Waals surface area (Å²) in [5.41, 5.74) is 0. The third kappa shape index (κ3) is 35.5. The molecule has 47 heavy (non-hydrogen) atoms. The summed E-state index contributed by atoms with van der Waals surface area (Å²) in [5.74, 6) is -0.864. The molecule has 0 aliphatic heterocycles. The van der Waals surface area contributed by atoms with Gasteiger partial charge in [-0.2, -0.15) is 0 Å². The predicted octanol–water partition coefficient (Wildman–Crippen LogP) is 12.5. The van der Waals surface area contributed by atoms with Crippen molar-refractivity contribution >= 4 is 17.9 Å². The summed E-state index contributed by atoms with van der Waals surface area (Å²) in [6.45, 7) is 6.59. The molecule has 0 aliphatic carbocycles. The van der Waals surface area contributed by atoms with E-state index in [1.165, 1.54) is 128 Å². The van der Waals surface area contributed by atoms with Crippen molar-refractivity contribution in [1.29, 1.82) is 0 Å². The zero-order chi connectivity index (χ0) is 34.5. The Morgan fingerprint density at radius 3 is 0.851 bits per heavy atom. The van der Waals surface area contributed by atoms with Gasteiger partial charge in [-0.1, -0.05) is 188 Å². The first-order valence-corrected chi connectivity index (χ1v) is 20.5.